The van der Waals surface area contributed by atoms with Crippen molar-refractivity contribution < 1.29 is 18.4 Å². The molecule has 0 fully saturated rings. The first-order valence-electron chi connectivity index (χ1n) is 9.35. The molecule has 1 aromatic carbocycles. The van der Waals surface area contributed by atoms with Crippen LogP contribution in [0, 0.1) is 11.6 Å². The Morgan fingerprint density at radius 1 is 1.19 bits per heavy atom. The van der Waals surface area contributed by atoms with E-state index >= 15 is 0 Å². The molecule has 2 N–H and O–H groups in total. The number of hydrogen-bond acceptors (Lipinski definition) is 6. The van der Waals surface area contributed by atoms with Crippen LogP contribution in [-0.4, -0.2) is 28.4 Å². The molecular weight excluding hydrogens is 458 g/mol. The Balaban J connectivity index is 1.62. The largest absolute Gasteiger partial charge is 0.357 e. The average Bonchev–Trinajstić information content (AvgIpc) is 3.45. The highest BCUT2D eigenvalue weighted by molar-refractivity contribution is 7.18. The molecule has 1 atom stereocenters. The number of fused-ring (bicyclic) bond motifs is 1. The van der Waals surface area contributed by atoms with Gasteiger partial charge < -0.3 is 10.6 Å². The zero-order valence-corrected chi connectivity index (χ0v) is 18.2. The molecule has 0 saturated carbocycles. The summed E-state index contributed by atoms with van der Waals surface area (Å²) in [7, 11) is 1.35. The quantitative estimate of drug-likeness (QED) is 0.449. The Labute approximate surface area is 188 Å². The molecule has 2 amide bonds. The Morgan fingerprint density at radius 2 is 2.00 bits per heavy atom. The van der Waals surface area contributed by atoms with Crippen LogP contribution in [0.1, 0.15) is 11.6 Å². The molecule has 0 aliphatic rings. The summed E-state index contributed by atoms with van der Waals surface area (Å²) in [5, 5.41) is 9.00. The van der Waals surface area contributed by atoms with Crippen molar-refractivity contribution in [2.24, 2.45) is 0 Å². The van der Waals surface area contributed by atoms with Crippen molar-refractivity contribution >= 4 is 44.7 Å². The van der Waals surface area contributed by atoms with Crippen LogP contribution in [0.5, 0.6) is 0 Å². The van der Waals surface area contributed by atoms with Gasteiger partial charge in [0.25, 0.3) is 5.56 Å². The van der Waals surface area contributed by atoms with E-state index in [0.29, 0.717) is 10.2 Å². The Kier molecular flexibility index (Phi) is 6.10. The van der Waals surface area contributed by atoms with E-state index in [2.05, 4.69) is 15.6 Å². The summed E-state index contributed by atoms with van der Waals surface area (Å²) in [5.41, 5.74) is 0.423. The predicted octanol–water partition coefficient (Wildman–Crippen LogP) is 3.07. The third-order valence-electron chi connectivity index (χ3n) is 4.75. The molecule has 0 bridgehead atoms. The second-order valence-corrected chi connectivity index (χ2v) is 8.58. The lowest BCUT2D eigenvalue weighted by atomic mass is 10.1. The van der Waals surface area contributed by atoms with Crippen LogP contribution < -0.4 is 16.2 Å². The second-order valence-electron chi connectivity index (χ2n) is 6.77. The van der Waals surface area contributed by atoms with Crippen molar-refractivity contribution in [3.05, 3.63) is 75.0 Å². The number of nitrogens with one attached hydrogen (secondary N) is 2. The van der Waals surface area contributed by atoms with E-state index in [-0.39, 0.29) is 11.1 Å². The number of halogens is 2. The van der Waals surface area contributed by atoms with Gasteiger partial charge in [-0.05, 0) is 29.1 Å². The van der Waals surface area contributed by atoms with Gasteiger partial charge in [-0.2, -0.15) is 0 Å². The van der Waals surface area contributed by atoms with Crippen molar-refractivity contribution in [3.63, 3.8) is 0 Å². The van der Waals surface area contributed by atoms with Crippen molar-refractivity contribution in [3.8, 4) is 10.4 Å². The van der Waals surface area contributed by atoms with Gasteiger partial charge >= 0.3 is 0 Å². The van der Waals surface area contributed by atoms with Gasteiger partial charge in [-0.25, -0.2) is 13.8 Å². The fourth-order valence-electron chi connectivity index (χ4n) is 3.19. The Hall–Kier alpha value is -3.44. The summed E-state index contributed by atoms with van der Waals surface area (Å²) in [6.07, 6.45) is 1.27. The smallest absolute Gasteiger partial charge is 0.263 e. The molecule has 0 spiro atoms. The molecule has 0 aliphatic heterocycles. The SMILES string of the molecule is CNC(=O)C(NC(=O)Cn1cnc2scc(-c3cccs3)c2c1=O)c1ccc(F)c(F)c1. The number of carbonyl (C=O) groups is 2. The van der Waals surface area contributed by atoms with Gasteiger partial charge in [0.2, 0.25) is 11.8 Å². The zero-order valence-electron chi connectivity index (χ0n) is 16.6. The molecule has 7 nitrogen and oxygen atoms in total. The highest BCUT2D eigenvalue weighted by Crippen LogP contribution is 2.33. The van der Waals surface area contributed by atoms with Crippen LogP contribution in [0.2, 0.25) is 0 Å². The molecular formula is C21H16F2N4O3S2. The minimum Gasteiger partial charge on any atom is -0.357 e. The van der Waals surface area contributed by atoms with E-state index in [1.54, 1.807) is 0 Å². The van der Waals surface area contributed by atoms with E-state index in [9.17, 15) is 23.2 Å². The summed E-state index contributed by atoms with van der Waals surface area (Å²) in [6.45, 7) is -0.404. The Bertz CT molecular complexity index is 1370. The maximum atomic E-state index is 13.6. The topological polar surface area (TPSA) is 93.1 Å². The van der Waals surface area contributed by atoms with Gasteiger partial charge in [-0.15, -0.1) is 22.7 Å². The summed E-state index contributed by atoms with van der Waals surface area (Å²) in [6, 6.07) is 5.43. The fourth-order valence-corrected chi connectivity index (χ4v) is 4.91. The van der Waals surface area contributed by atoms with Crippen molar-refractivity contribution in [2.75, 3.05) is 7.05 Å². The standard InChI is InChI=1S/C21H16F2N4O3S2/c1-24-19(29)18(11-4-5-13(22)14(23)7-11)26-16(28)8-27-10-25-20-17(21(27)30)12(9-32-20)15-3-2-6-31-15/h2-7,9-10,18H,8H2,1H3,(H,24,29)(H,26,28). The molecule has 4 rings (SSSR count). The lowest BCUT2D eigenvalue weighted by molar-refractivity contribution is -0.129. The fraction of sp³-hybridized carbons (Fsp3) is 0.143. The zero-order chi connectivity index (χ0) is 22.8. The molecule has 11 heteroatoms. The summed E-state index contributed by atoms with van der Waals surface area (Å²) in [5.74, 6) is -3.50. The lowest BCUT2D eigenvalue weighted by Crippen LogP contribution is -2.41. The molecule has 32 heavy (non-hydrogen) atoms. The highest BCUT2D eigenvalue weighted by Gasteiger charge is 2.24. The first-order chi connectivity index (χ1) is 15.4. The Morgan fingerprint density at radius 3 is 2.69 bits per heavy atom. The first kappa shape index (κ1) is 21.8. The van der Waals surface area contributed by atoms with Crippen LogP contribution in [-0.2, 0) is 16.1 Å². The van der Waals surface area contributed by atoms with E-state index in [4.69, 9.17) is 0 Å². The molecule has 164 valence electrons. The van der Waals surface area contributed by atoms with Crippen LogP contribution >= 0.6 is 22.7 Å². The molecule has 1 unspecified atom stereocenters. The maximum absolute atomic E-state index is 13.6. The molecule has 3 heterocycles. The van der Waals surface area contributed by atoms with Gasteiger partial charge in [0.15, 0.2) is 11.6 Å². The molecule has 0 aliphatic carbocycles. The summed E-state index contributed by atoms with van der Waals surface area (Å²) >= 11 is 2.82. The number of amides is 2. The van der Waals surface area contributed by atoms with E-state index in [0.717, 1.165) is 27.1 Å². The van der Waals surface area contributed by atoms with Crippen molar-refractivity contribution in [2.45, 2.75) is 12.6 Å². The van der Waals surface area contributed by atoms with E-state index in [1.165, 1.54) is 42.1 Å². The normalized spacial score (nSPS) is 12.0. The predicted molar refractivity (Wildman–Crippen MR) is 119 cm³/mol. The van der Waals surface area contributed by atoms with Crippen molar-refractivity contribution in [1.29, 1.82) is 0 Å². The number of hydrogen-bond donors (Lipinski definition) is 2. The molecule has 3 aromatic heterocycles. The molecule has 0 saturated heterocycles. The first-order valence-corrected chi connectivity index (χ1v) is 11.1. The van der Waals surface area contributed by atoms with Crippen LogP contribution in [0.4, 0.5) is 8.78 Å². The number of thiophene rings is 2. The van der Waals surface area contributed by atoms with Crippen molar-refractivity contribution in [1.82, 2.24) is 20.2 Å². The lowest BCUT2D eigenvalue weighted by Gasteiger charge is -2.18. The number of rotatable bonds is 6. The highest BCUT2D eigenvalue weighted by atomic mass is 32.1. The third-order valence-corrected chi connectivity index (χ3v) is 6.54. The number of benzene rings is 1. The summed E-state index contributed by atoms with van der Waals surface area (Å²) in [4.78, 5) is 43.7. The van der Waals surface area contributed by atoms with Gasteiger partial charge in [0, 0.05) is 22.9 Å². The minimum absolute atomic E-state index is 0.0651. The molecule has 0 radical (unpaired) electrons. The second kappa shape index (κ2) is 8.97. The minimum atomic E-state index is -1.27. The van der Waals surface area contributed by atoms with Crippen LogP contribution in [0.25, 0.3) is 20.7 Å². The number of aromatic nitrogens is 2. The summed E-state index contributed by atoms with van der Waals surface area (Å²) < 4.78 is 28.1. The number of carbonyl (C=O) groups excluding carboxylic acids is 2. The van der Waals surface area contributed by atoms with E-state index in [1.807, 2.05) is 22.9 Å². The molecule has 4 aromatic rings. The average molecular weight is 475 g/mol. The number of likely N-dealkylation sites (N-methyl/N-ethyl adjacent to an activating group) is 1. The monoisotopic (exact) mass is 474 g/mol. The van der Waals surface area contributed by atoms with Gasteiger partial charge in [-0.3, -0.25) is 19.0 Å². The van der Waals surface area contributed by atoms with E-state index < -0.39 is 36.0 Å². The maximum Gasteiger partial charge on any atom is 0.263 e. The van der Waals surface area contributed by atoms with Gasteiger partial charge in [0.1, 0.15) is 17.4 Å². The van der Waals surface area contributed by atoms with Gasteiger partial charge in [0.05, 0.1) is 11.7 Å². The third kappa shape index (κ3) is 4.16. The van der Waals surface area contributed by atoms with Gasteiger partial charge in [-0.1, -0.05) is 12.1 Å². The number of nitrogens with zero attached hydrogens (tertiary/aromatic N) is 2. The van der Waals surface area contributed by atoms with Crippen LogP contribution in [0.15, 0.2) is 52.2 Å². The van der Waals surface area contributed by atoms with Crippen LogP contribution in [0.3, 0.4) is 0 Å².